The number of ether oxygens (including phenoxy) is 2. The Morgan fingerprint density at radius 1 is 1.13 bits per heavy atom. The molecule has 5 heteroatoms. The Labute approximate surface area is 177 Å². The highest BCUT2D eigenvalue weighted by Crippen LogP contribution is 2.37. The molecule has 0 saturated heterocycles. The summed E-state index contributed by atoms with van der Waals surface area (Å²) in [5, 5.41) is 0. The van der Waals surface area contributed by atoms with Crippen LogP contribution in [-0.4, -0.2) is 29.7 Å². The first-order chi connectivity index (χ1) is 14.6. The van der Waals surface area contributed by atoms with E-state index in [1.165, 1.54) is 12.7 Å². The summed E-state index contributed by atoms with van der Waals surface area (Å²) in [6, 6.07) is 16.1. The average molecular weight is 402 g/mol. The molecule has 0 radical (unpaired) electrons. The molecule has 154 valence electrons. The Balaban J connectivity index is 1.93. The van der Waals surface area contributed by atoms with Crippen LogP contribution in [0.4, 0.5) is 0 Å². The molecule has 1 unspecified atom stereocenters. The van der Waals surface area contributed by atoms with E-state index >= 15 is 0 Å². The molecule has 0 spiro atoms. The monoisotopic (exact) mass is 402 g/mol. The number of hydrogen-bond donors (Lipinski definition) is 0. The van der Waals surface area contributed by atoms with Crippen molar-refractivity contribution in [1.29, 1.82) is 0 Å². The van der Waals surface area contributed by atoms with Crippen LogP contribution in [0.2, 0.25) is 0 Å². The number of carbonyl (C=O) groups excluding carboxylic acids is 1. The van der Waals surface area contributed by atoms with E-state index < -0.39 is 5.92 Å². The summed E-state index contributed by atoms with van der Waals surface area (Å²) in [5.74, 6) is 0.933. The second-order valence-corrected chi connectivity index (χ2v) is 7.55. The minimum absolute atomic E-state index is 0.248. The van der Waals surface area contributed by atoms with E-state index in [4.69, 9.17) is 19.4 Å². The Bertz CT molecular complexity index is 1060. The van der Waals surface area contributed by atoms with E-state index in [2.05, 4.69) is 13.0 Å². The molecule has 5 nitrogen and oxygen atoms in total. The number of methoxy groups -OCH3 is 1. The zero-order valence-corrected chi connectivity index (χ0v) is 17.6. The predicted octanol–water partition coefficient (Wildman–Crippen LogP) is 5.11. The summed E-state index contributed by atoms with van der Waals surface area (Å²) in [4.78, 5) is 22.4. The molecule has 0 fully saturated rings. The van der Waals surface area contributed by atoms with Gasteiger partial charge in [0.2, 0.25) is 0 Å². The van der Waals surface area contributed by atoms with E-state index in [0.29, 0.717) is 18.9 Å². The van der Waals surface area contributed by atoms with Gasteiger partial charge in [0.05, 0.1) is 25.3 Å². The normalized spacial score (nSPS) is 13.4. The number of esters is 1. The van der Waals surface area contributed by atoms with E-state index in [1.54, 1.807) is 0 Å². The number of benzene rings is 2. The summed E-state index contributed by atoms with van der Waals surface area (Å²) < 4.78 is 10.8. The molecule has 0 N–H and O–H groups in total. The first-order valence-electron chi connectivity index (χ1n) is 10.4. The Hall–Kier alpha value is -3.21. The molecule has 1 aliphatic heterocycles. The van der Waals surface area contributed by atoms with Crippen LogP contribution in [-0.2, 0) is 16.0 Å². The van der Waals surface area contributed by atoms with Crippen molar-refractivity contribution in [3.8, 4) is 28.4 Å². The maximum atomic E-state index is 12.7. The molecule has 1 aromatic heterocycles. The zero-order valence-electron chi connectivity index (χ0n) is 17.6. The number of carbonyl (C=O) groups is 1. The number of hydrogen-bond acceptors (Lipinski definition) is 5. The molecule has 1 aliphatic rings. The molecule has 30 heavy (non-hydrogen) atoms. The maximum Gasteiger partial charge on any atom is 0.313 e. The molecular formula is C25H26N2O3. The molecule has 3 aromatic rings. The Morgan fingerprint density at radius 3 is 2.67 bits per heavy atom. The molecular weight excluding hydrogens is 376 g/mol. The molecule has 0 aliphatic carbocycles. The van der Waals surface area contributed by atoms with Crippen molar-refractivity contribution in [2.45, 2.75) is 39.0 Å². The van der Waals surface area contributed by atoms with Gasteiger partial charge in [-0.3, -0.25) is 4.79 Å². The summed E-state index contributed by atoms with van der Waals surface area (Å²) in [6.45, 7) is 4.72. The van der Waals surface area contributed by atoms with Gasteiger partial charge in [-0.15, -0.1) is 0 Å². The van der Waals surface area contributed by atoms with Gasteiger partial charge in [0.25, 0.3) is 0 Å². The minimum atomic E-state index is -0.399. The van der Waals surface area contributed by atoms with Crippen LogP contribution < -0.4 is 4.74 Å². The minimum Gasteiger partial charge on any atom is -0.493 e. The molecule has 4 rings (SSSR count). The molecule has 0 amide bonds. The van der Waals surface area contributed by atoms with Gasteiger partial charge in [-0.2, -0.15) is 0 Å². The fourth-order valence-corrected chi connectivity index (χ4v) is 4.08. The van der Waals surface area contributed by atoms with Crippen molar-refractivity contribution in [3.05, 3.63) is 65.4 Å². The topological polar surface area (TPSA) is 61.3 Å². The van der Waals surface area contributed by atoms with Gasteiger partial charge in [-0.1, -0.05) is 43.7 Å². The van der Waals surface area contributed by atoms with Crippen LogP contribution in [0.3, 0.4) is 0 Å². The fraction of sp³-hybridized carbons (Fsp3) is 0.320. The maximum absolute atomic E-state index is 12.7. The van der Waals surface area contributed by atoms with Crippen molar-refractivity contribution < 1.29 is 14.3 Å². The first kappa shape index (κ1) is 20.1. The molecule has 0 bridgehead atoms. The van der Waals surface area contributed by atoms with Gasteiger partial charge in [-0.05, 0) is 37.1 Å². The summed E-state index contributed by atoms with van der Waals surface area (Å²) in [7, 11) is 1.44. The zero-order chi connectivity index (χ0) is 21.1. The van der Waals surface area contributed by atoms with Crippen LogP contribution in [0.1, 0.15) is 42.5 Å². The van der Waals surface area contributed by atoms with Gasteiger partial charge in [0.15, 0.2) is 5.82 Å². The SMILES string of the molecule is CCCC(C(=O)OC)c1c(C)nc(-c2ccccc2)nc1-c1ccc2c(c1)CCO2. The molecule has 2 aromatic carbocycles. The average Bonchev–Trinajstić information content (AvgIpc) is 3.25. The number of nitrogens with zero attached hydrogens (tertiary/aromatic N) is 2. The fourth-order valence-electron chi connectivity index (χ4n) is 4.08. The second kappa shape index (κ2) is 8.66. The van der Waals surface area contributed by atoms with Crippen molar-refractivity contribution >= 4 is 5.97 Å². The van der Waals surface area contributed by atoms with E-state index in [9.17, 15) is 4.79 Å². The lowest BCUT2D eigenvalue weighted by Crippen LogP contribution is -2.18. The van der Waals surface area contributed by atoms with Gasteiger partial charge < -0.3 is 9.47 Å². The van der Waals surface area contributed by atoms with E-state index in [1.807, 2.05) is 49.4 Å². The van der Waals surface area contributed by atoms with Gasteiger partial charge in [0.1, 0.15) is 5.75 Å². The smallest absolute Gasteiger partial charge is 0.313 e. The number of fused-ring (bicyclic) bond motifs is 1. The van der Waals surface area contributed by atoms with Crippen molar-refractivity contribution in [2.24, 2.45) is 0 Å². The van der Waals surface area contributed by atoms with Crippen LogP contribution >= 0.6 is 0 Å². The third kappa shape index (κ3) is 3.80. The van der Waals surface area contributed by atoms with Crippen LogP contribution in [0, 0.1) is 6.92 Å². The largest absolute Gasteiger partial charge is 0.493 e. The summed E-state index contributed by atoms with van der Waals surface area (Å²) in [5.41, 5.74) is 5.53. The lowest BCUT2D eigenvalue weighted by atomic mass is 9.89. The van der Waals surface area contributed by atoms with Crippen molar-refractivity contribution in [2.75, 3.05) is 13.7 Å². The van der Waals surface area contributed by atoms with Crippen LogP contribution in [0.25, 0.3) is 22.6 Å². The summed E-state index contributed by atoms with van der Waals surface area (Å²) in [6.07, 6.45) is 2.42. The number of aryl methyl sites for hydroxylation is 1. The lowest BCUT2D eigenvalue weighted by molar-refractivity contribution is -0.142. The van der Waals surface area contributed by atoms with Crippen molar-refractivity contribution in [1.82, 2.24) is 9.97 Å². The molecule has 2 heterocycles. The highest BCUT2D eigenvalue weighted by atomic mass is 16.5. The van der Waals surface area contributed by atoms with Crippen LogP contribution in [0.15, 0.2) is 48.5 Å². The van der Waals surface area contributed by atoms with E-state index in [-0.39, 0.29) is 5.97 Å². The standard InChI is InChI=1S/C25H26N2O3/c1-4-8-20(25(28)29-3)22-16(2)26-24(17-9-6-5-7-10-17)27-23(22)19-11-12-21-18(15-19)13-14-30-21/h5-7,9-12,15,20H,4,8,13-14H2,1-3H3. The highest BCUT2D eigenvalue weighted by molar-refractivity contribution is 5.83. The Morgan fingerprint density at radius 2 is 1.93 bits per heavy atom. The van der Waals surface area contributed by atoms with Crippen molar-refractivity contribution in [3.63, 3.8) is 0 Å². The third-order valence-corrected chi connectivity index (χ3v) is 5.54. The van der Waals surface area contributed by atoms with Gasteiger partial charge in [-0.25, -0.2) is 9.97 Å². The highest BCUT2D eigenvalue weighted by Gasteiger charge is 2.28. The van der Waals surface area contributed by atoms with Crippen LogP contribution in [0.5, 0.6) is 5.75 Å². The molecule has 1 atom stereocenters. The molecule has 0 saturated carbocycles. The Kier molecular flexibility index (Phi) is 5.79. The number of aromatic nitrogens is 2. The second-order valence-electron chi connectivity index (χ2n) is 7.55. The third-order valence-electron chi connectivity index (χ3n) is 5.54. The van der Waals surface area contributed by atoms with Gasteiger partial charge >= 0.3 is 5.97 Å². The first-order valence-corrected chi connectivity index (χ1v) is 10.4. The predicted molar refractivity (Wildman–Crippen MR) is 117 cm³/mol. The summed E-state index contributed by atoms with van der Waals surface area (Å²) >= 11 is 0. The van der Waals surface area contributed by atoms with Gasteiger partial charge in [0, 0.05) is 28.8 Å². The van der Waals surface area contributed by atoms with E-state index in [0.717, 1.165) is 46.7 Å². The number of rotatable bonds is 6. The lowest BCUT2D eigenvalue weighted by Gasteiger charge is -2.21. The quantitative estimate of drug-likeness (QED) is 0.536.